The molecule has 1 aliphatic heterocycles. The minimum absolute atomic E-state index is 0.169. The van der Waals surface area contributed by atoms with E-state index in [9.17, 15) is 5.11 Å². The monoisotopic (exact) mass is 347 g/mol. The van der Waals surface area contributed by atoms with Crippen LogP contribution in [0.2, 0.25) is 10.0 Å². The molecule has 4 nitrogen and oxygen atoms in total. The van der Waals surface area contributed by atoms with Gasteiger partial charge in [-0.1, -0.05) is 29.6 Å². The van der Waals surface area contributed by atoms with Gasteiger partial charge in [0.1, 0.15) is 18.5 Å². The third kappa shape index (κ3) is 5.28. The number of benzene rings is 1. The van der Waals surface area contributed by atoms with E-state index in [0.717, 1.165) is 25.8 Å². The van der Waals surface area contributed by atoms with Crippen LogP contribution in [0.15, 0.2) is 18.2 Å². The van der Waals surface area contributed by atoms with Gasteiger partial charge in [-0.05, 0) is 37.9 Å². The first-order valence-corrected chi connectivity index (χ1v) is 8.46. The summed E-state index contributed by atoms with van der Waals surface area (Å²) in [5, 5.41) is 20.4. The Morgan fingerprint density at radius 1 is 1.32 bits per heavy atom. The molecule has 0 saturated carbocycles. The SMILES string of the molecule is OCCC1CCCCN1CC(O)COc1cc(Cl)ccc1Cl. The molecule has 1 saturated heterocycles. The molecule has 1 aromatic rings. The van der Waals surface area contributed by atoms with E-state index in [1.54, 1.807) is 18.2 Å². The number of hydrogen-bond donors (Lipinski definition) is 2. The number of aliphatic hydroxyl groups is 2. The summed E-state index contributed by atoms with van der Waals surface area (Å²) in [6.45, 7) is 1.86. The Balaban J connectivity index is 1.84. The van der Waals surface area contributed by atoms with Gasteiger partial charge < -0.3 is 14.9 Å². The molecule has 2 atom stereocenters. The highest BCUT2D eigenvalue weighted by Crippen LogP contribution is 2.28. The lowest BCUT2D eigenvalue weighted by Crippen LogP contribution is -2.45. The number of likely N-dealkylation sites (tertiary alicyclic amines) is 1. The number of rotatable bonds is 7. The van der Waals surface area contributed by atoms with E-state index in [4.69, 9.17) is 33.0 Å². The number of nitrogens with zero attached hydrogens (tertiary/aromatic N) is 1. The summed E-state index contributed by atoms with van der Waals surface area (Å²) < 4.78 is 5.57. The molecule has 22 heavy (non-hydrogen) atoms. The van der Waals surface area contributed by atoms with E-state index in [-0.39, 0.29) is 13.2 Å². The molecule has 0 spiro atoms. The average molecular weight is 348 g/mol. The van der Waals surface area contributed by atoms with Crippen molar-refractivity contribution in [3.8, 4) is 5.75 Å². The van der Waals surface area contributed by atoms with Crippen molar-refractivity contribution < 1.29 is 14.9 Å². The maximum atomic E-state index is 10.2. The molecule has 1 aromatic carbocycles. The number of piperidine rings is 1. The topological polar surface area (TPSA) is 52.9 Å². The predicted molar refractivity (Wildman–Crippen MR) is 88.9 cm³/mol. The molecule has 0 bridgehead atoms. The van der Waals surface area contributed by atoms with Crippen molar-refractivity contribution in [1.82, 2.24) is 4.90 Å². The van der Waals surface area contributed by atoms with Gasteiger partial charge in [0.25, 0.3) is 0 Å². The highest BCUT2D eigenvalue weighted by molar-refractivity contribution is 6.34. The van der Waals surface area contributed by atoms with Crippen LogP contribution in [0.1, 0.15) is 25.7 Å². The summed E-state index contributed by atoms with van der Waals surface area (Å²) in [5.74, 6) is 0.485. The molecule has 124 valence electrons. The van der Waals surface area contributed by atoms with E-state index in [2.05, 4.69) is 4.90 Å². The molecule has 2 N–H and O–H groups in total. The van der Waals surface area contributed by atoms with Gasteiger partial charge in [-0.2, -0.15) is 0 Å². The Labute approximate surface area is 141 Å². The van der Waals surface area contributed by atoms with Crippen LogP contribution < -0.4 is 4.74 Å². The minimum atomic E-state index is -0.602. The molecule has 0 aromatic heterocycles. The highest BCUT2D eigenvalue weighted by Gasteiger charge is 2.24. The predicted octanol–water partition coefficient (Wildman–Crippen LogP) is 2.97. The number of aliphatic hydroxyl groups excluding tert-OH is 2. The molecule has 1 heterocycles. The van der Waals surface area contributed by atoms with E-state index < -0.39 is 6.10 Å². The van der Waals surface area contributed by atoms with Gasteiger partial charge in [0.15, 0.2) is 0 Å². The third-order valence-electron chi connectivity index (χ3n) is 3.98. The van der Waals surface area contributed by atoms with Crippen molar-refractivity contribution in [3.63, 3.8) is 0 Å². The Bertz CT molecular complexity index is 471. The standard InChI is InChI=1S/C16H23Cl2NO3/c17-12-4-5-15(18)16(9-12)22-11-14(21)10-19-7-2-1-3-13(19)6-8-20/h4-5,9,13-14,20-21H,1-3,6-8,10-11H2. The first-order chi connectivity index (χ1) is 10.6. The third-order valence-corrected chi connectivity index (χ3v) is 4.53. The van der Waals surface area contributed by atoms with Crippen molar-refractivity contribution in [2.45, 2.75) is 37.8 Å². The van der Waals surface area contributed by atoms with Crippen LogP contribution in [0.5, 0.6) is 5.75 Å². The fourth-order valence-electron chi connectivity index (χ4n) is 2.87. The molecule has 1 aliphatic rings. The quantitative estimate of drug-likeness (QED) is 0.796. The summed E-state index contributed by atoms with van der Waals surface area (Å²) in [4.78, 5) is 2.24. The van der Waals surface area contributed by atoms with Crippen molar-refractivity contribution in [2.24, 2.45) is 0 Å². The normalized spacial score (nSPS) is 20.8. The van der Waals surface area contributed by atoms with Gasteiger partial charge in [-0.15, -0.1) is 0 Å². The molecular weight excluding hydrogens is 325 g/mol. The molecule has 0 aliphatic carbocycles. The zero-order chi connectivity index (χ0) is 15.9. The lowest BCUT2D eigenvalue weighted by Gasteiger charge is -2.36. The Morgan fingerprint density at radius 3 is 2.91 bits per heavy atom. The summed E-state index contributed by atoms with van der Waals surface area (Å²) in [6, 6.07) is 5.36. The Hall–Kier alpha value is -0.520. The first-order valence-electron chi connectivity index (χ1n) is 7.71. The summed E-state index contributed by atoms with van der Waals surface area (Å²) >= 11 is 11.9. The lowest BCUT2D eigenvalue weighted by molar-refractivity contribution is 0.0332. The van der Waals surface area contributed by atoms with Gasteiger partial charge in [-0.25, -0.2) is 0 Å². The smallest absolute Gasteiger partial charge is 0.139 e. The number of ether oxygens (including phenoxy) is 1. The van der Waals surface area contributed by atoms with E-state index in [1.165, 1.54) is 6.42 Å². The minimum Gasteiger partial charge on any atom is -0.489 e. The van der Waals surface area contributed by atoms with Crippen LogP contribution in [-0.2, 0) is 0 Å². The maximum absolute atomic E-state index is 10.2. The first kappa shape index (κ1) is 17.8. The second-order valence-electron chi connectivity index (χ2n) is 5.70. The molecule has 0 amide bonds. The van der Waals surface area contributed by atoms with Crippen LogP contribution in [0.4, 0.5) is 0 Å². The van der Waals surface area contributed by atoms with Crippen LogP contribution >= 0.6 is 23.2 Å². The van der Waals surface area contributed by atoms with Crippen LogP contribution in [0.25, 0.3) is 0 Å². The second kappa shape index (κ2) is 8.94. The summed E-state index contributed by atoms with van der Waals surface area (Å²) in [6.07, 6.45) is 3.55. The molecule has 6 heteroatoms. The summed E-state index contributed by atoms with van der Waals surface area (Å²) in [7, 11) is 0. The Kier molecular flexibility index (Phi) is 7.25. The number of hydrogen-bond acceptors (Lipinski definition) is 4. The van der Waals surface area contributed by atoms with Crippen molar-refractivity contribution in [1.29, 1.82) is 0 Å². The van der Waals surface area contributed by atoms with Gasteiger partial charge in [0.05, 0.1) is 5.02 Å². The highest BCUT2D eigenvalue weighted by atomic mass is 35.5. The number of halogens is 2. The summed E-state index contributed by atoms with van der Waals surface area (Å²) in [5.41, 5.74) is 0. The molecule has 2 rings (SSSR count). The average Bonchev–Trinajstić information content (AvgIpc) is 2.50. The van der Waals surface area contributed by atoms with Crippen LogP contribution in [0.3, 0.4) is 0 Å². The maximum Gasteiger partial charge on any atom is 0.139 e. The van der Waals surface area contributed by atoms with Crippen molar-refractivity contribution >= 4 is 23.2 Å². The largest absolute Gasteiger partial charge is 0.489 e. The van der Waals surface area contributed by atoms with Gasteiger partial charge >= 0.3 is 0 Å². The fraction of sp³-hybridized carbons (Fsp3) is 0.625. The molecular formula is C16H23Cl2NO3. The van der Waals surface area contributed by atoms with E-state index in [1.807, 2.05) is 0 Å². The van der Waals surface area contributed by atoms with Gasteiger partial charge in [0.2, 0.25) is 0 Å². The van der Waals surface area contributed by atoms with Crippen LogP contribution in [0, 0.1) is 0 Å². The molecule has 1 fully saturated rings. The number of β-amino-alcohol motifs (C(OH)–C–C–N with tert-alkyl or cyclic N) is 1. The fourth-order valence-corrected chi connectivity index (χ4v) is 3.21. The van der Waals surface area contributed by atoms with Gasteiger partial charge in [0, 0.05) is 30.3 Å². The van der Waals surface area contributed by atoms with Gasteiger partial charge in [-0.3, -0.25) is 4.90 Å². The van der Waals surface area contributed by atoms with Crippen LogP contribution in [-0.4, -0.2) is 53.6 Å². The zero-order valence-electron chi connectivity index (χ0n) is 12.5. The lowest BCUT2D eigenvalue weighted by atomic mass is 9.99. The van der Waals surface area contributed by atoms with E-state index in [0.29, 0.717) is 28.4 Å². The molecule has 2 unspecified atom stereocenters. The van der Waals surface area contributed by atoms with Crippen molar-refractivity contribution in [2.75, 3.05) is 26.3 Å². The zero-order valence-corrected chi connectivity index (χ0v) is 14.1. The second-order valence-corrected chi connectivity index (χ2v) is 6.54. The van der Waals surface area contributed by atoms with E-state index >= 15 is 0 Å². The Morgan fingerprint density at radius 2 is 2.14 bits per heavy atom. The van der Waals surface area contributed by atoms with Crippen molar-refractivity contribution in [3.05, 3.63) is 28.2 Å². The molecule has 0 radical (unpaired) electrons.